The molecule has 0 aliphatic carbocycles. The van der Waals surface area contributed by atoms with Crippen LogP contribution in [0.4, 0.5) is 0 Å². The summed E-state index contributed by atoms with van der Waals surface area (Å²) in [6.45, 7) is 4.08. The second kappa shape index (κ2) is 5.33. The lowest BCUT2D eigenvalue weighted by Crippen LogP contribution is -2.44. The number of aromatic amines is 1. The number of hydrogen-bond donors (Lipinski definition) is 2. The van der Waals surface area contributed by atoms with Gasteiger partial charge in [-0.1, -0.05) is 0 Å². The Hall–Kier alpha value is -1.00. The van der Waals surface area contributed by atoms with E-state index in [2.05, 4.69) is 10.3 Å². The fourth-order valence-corrected chi connectivity index (χ4v) is 3.04. The van der Waals surface area contributed by atoms with Crippen molar-refractivity contribution < 1.29 is 4.79 Å². The molecule has 18 heavy (non-hydrogen) atoms. The zero-order valence-electron chi connectivity index (χ0n) is 10.4. The molecular formula is C13H20ClN3O. The summed E-state index contributed by atoms with van der Waals surface area (Å²) in [7, 11) is 0. The van der Waals surface area contributed by atoms with E-state index in [1.165, 1.54) is 6.42 Å². The van der Waals surface area contributed by atoms with Crippen molar-refractivity contribution in [3.05, 3.63) is 24.0 Å². The maximum absolute atomic E-state index is 12.1. The van der Waals surface area contributed by atoms with Crippen LogP contribution in [0.5, 0.6) is 0 Å². The molecule has 0 atom stereocenters. The van der Waals surface area contributed by atoms with Gasteiger partial charge in [-0.15, -0.1) is 12.4 Å². The SMILES string of the molecule is Cl.O=C(c1ccc[nH]1)N1CCC2(CCNC2)CC1. The molecular weight excluding hydrogens is 250 g/mol. The Morgan fingerprint density at radius 1 is 1.28 bits per heavy atom. The minimum absolute atomic E-state index is 0. The van der Waals surface area contributed by atoms with E-state index in [0.29, 0.717) is 11.1 Å². The van der Waals surface area contributed by atoms with E-state index in [1.807, 2.05) is 17.0 Å². The van der Waals surface area contributed by atoms with E-state index < -0.39 is 0 Å². The lowest BCUT2D eigenvalue weighted by Gasteiger charge is -2.38. The van der Waals surface area contributed by atoms with Gasteiger partial charge in [0.2, 0.25) is 0 Å². The standard InChI is InChI=1S/C13H19N3O.ClH/c17-12(11-2-1-6-15-11)16-8-4-13(5-9-16)3-7-14-10-13;/h1-2,6,14-15H,3-5,7-10H2;1H. The molecule has 0 bridgehead atoms. The number of carbonyl (C=O) groups excluding carboxylic acids is 1. The minimum atomic E-state index is 0. The van der Waals surface area contributed by atoms with E-state index in [4.69, 9.17) is 0 Å². The van der Waals surface area contributed by atoms with Crippen LogP contribution in [-0.2, 0) is 0 Å². The van der Waals surface area contributed by atoms with Crippen LogP contribution in [0.15, 0.2) is 18.3 Å². The summed E-state index contributed by atoms with van der Waals surface area (Å²) in [5, 5.41) is 3.44. The first-order chi connectivity index (χ1) is 8.29. The highest BCUT2D eigenvalue weighted by molar-refractivity contribution is 5.92. The Balaban J connectivity index is 0.00000120. The average molecular weight is 270 g/mol. The van der Waals surface area contributed by atoms with Crippen molar-refractivity contribution in [1.29, 1.82) is 0 Å². The molecule has 0 unspecified atom stereocenters. The van der Waals surface area contributed by atoms with Crippen molar-refractivity contribution in [1.82, 2.24) is 15.2 Å². The zero-order valence-corrected chi connectivity index (χ0v) is 11.3. The molecule has 2 aliphatic rings. The molecule has 3 heterocycles. The number of piperidine rings is 1. The highest BCUT2D eigenvalue weighted by Gasteiger charge is 2.38. The van der Waals surface area contributed by atoms with Gasteiger partial charge in [-0.3, -0.25) is 4.79 Å². The predicted octanol–water partition coefficient (Wildman–Crippen LogP) is 1.65. The summed E-state index contributed by atoms with van der Waals surface area (Å²) < 4.78 is 0. The molecule has 0 radical (unpaired) electrons. The first-order valence-corrected chi connectivity index (χ1v) is 6.43. The number of halogens is 1. The van der Waals surface area contributed by atoms with E-state index >= 15 is 0 Å². The Morgan fingerprint density at radius 3 is 2.61 bits per heavy atom. The van der Waals surface area contributed by atoms with Crippen molar-refractivity contribution in [2.75, 3.05) is 26.2 Å². The summed E-state index contributed by atoms with van der Waals surface area (Å²) in [6.07, 6.45) is 5.37. The van der Waals surface area contributed by atoms with Crippen molar-refractivity contribution in [3.63, 3.8) is 0 Å². The van der Waals surface area contributed by atoms with Crippen LogP contribution in [-0.4, -0.2) is 42.0 Å². The lowest BCUT2D eigenvalue weighted by molar-refractivity contribution is 0.0602. The van der Waals surface area contributed by atoms with Crippen LogP contribution in [0.25, 0.3) is 0 Å². The van der Waals surface area contributed by atoms with E-state index in [1.54, 1.807) is 6.20 Å². The Kier molecular flexibility index (Phi) is 3.97. The van der Waals surface area contributed by atoms with E-state index in [9.17, 15) is 4.79 Å². The van der Waals surface area contributed by atoms with Crippen molar-refractivity contribution in [2.45, 2.75) is 19.3 Å². The fourth-order valence-electron chi connectivity index (χ4n) is 3.04. The smallest absolute Gasteiger partial charge is 0.270 e. The van der Waals surface area contributed by atoms with Gasteiger partial charge in [-0.2, -0.15) is 0 Å². The second-order valence-corrected chi connectivity index (χ2v) is 5.30. The molecule has 1 spiro atoms. The number of H-pyrrole nitrogens is 1. The quantitative estimate of drug-likeness (QED) is 0.815. The third-order valence-electron chi connectivity index (χ3n) is 4.27. The van der Waals surface area contributed by atoms with Gasteiger partial charge in [0.1, 0.15) is 5.69 Å². The highest BCUT2D eigenvalue weighted by atomic mass is 35.5. The number of nitrogens with one attached hydrogen (secondary N) is 2. The molecule has 2 aliphatic heterocycles. The molecule has 3 rings (SSSR count). The number of rotatable bonds is 1. The van der Waals surface area contributed by atoms with Crippen LogP contribution in [0.2, 0.25) is 0 Å². The van der Waals surface area contributed by atoms with Gasteiger partial charge in [0.25, 0.3) is 5.91 Å². The number of nitrogens with zero attached hydrogens (tertiary/aromatic N) is 1. The maximum atomic E-state index is 12.1. The molecule has 2 fully saturated rings. The van der Waals surface area contributed by atoms with Gasteiger partial charge in [-0.05, 0) is 43.4 Å². The third-order valence-corrected chi connectivity index (χ3v) is 4.27. The summed E-state index contributed by atoms with van der Waals surface area (Å²) in [5.41, 5.74) is 1.19. The first kappa shape index (κ1) is 13.4. The van der Waals surface area contributed by atoms with Crippen LogP contribution in [0.1, 0.15) is 29.8 Å². The molecule has 100 valence electrons. The van der Waals surface area contributed by atoms with Gasteiger partial charge < -0.3 is 15.2 Å². The Labute approximate surface area is 114 Å². The van der Waals surface area contributed by atoms with Crippen LogP contribution < -0.4 is 5.32 Å². The fraction of sp³-hybridized carbons (Fsp3) is 0.615. The van der Waals surface area contributed by atoms with Gasteiger partial charge >= 0.3 is 0 Å². The van der Waals surface area contributed by atoms with Crippen molar-refractivity contribution >= 4 is 18.3 Å². The van der Waals surface area contributed by atoms with Gasteiger partial charge in [0, 0.05) is 25.8 Å². The Bertz CT molecular complexity index is 388. The third kappa shape index (κ3) is 2.40. The number of amides is 1. The molecule has 1 aromatic rings. The molecule has 5 heteroatoms. The van der Waals surface area contributed by atoms with Gasteiger partial charge in [-0.25, -0.2) is 0 Å². The predicted molar refractivity (Wildman–Crippen MR) is 73.1 cm³/mol. The second-order valence-electron chi connectivity index (χ2n) is 5.30. The lowest BCUT2D eigenvalue weighted by atomic mass is 9.78. The van der Waals surface area contributed by atoms with Crippen LogP contribution in [0, 0.1) is 5.41 Å². The van der Waals surface area contributed by atoms with E-state index in [0.717, 1.165) is 39.0 Å². The topological polar surface area (TPSA) is 48.1 Å². The van der Waals surface area contributed by atoms with Crippen LogP contribution in [0.3, 0.4) is 0 Å². The zero-order chi connectivity index (χ0) is 11.7. The first-order valence-electron chi connectivity index (χ1n) is 6.43. The number of carbonyl (C=O) groups is 1. The summed E-state index contributed by atoms with van der Waals surface area (Å²) in [6, 6.07) is 3.73. The Morgan fingerprint density at radius 2 is 2.06 bits per heavy atom. The van der Waals surface area contributed by atoms with Gasteiger partial charge in [0.05, 0.1) is 0 Å². The minimum Gasteiger partial charge on any atom is -0.357 e. The van der Waals surface area contributed by atoms with Gasteiger partial charge in [0.15, 0.2) is 0 Å². The average Bonchev–Trinajstić information content (AvgIpc) is 3.01. The number of likely N-dealkylation sites (tertiary alicyclic amines) is 1. The monoisotopic (exact) mass is 269 g/mol. The largest absolute Gasteiger partial charge is 0.357 e. The molecule has 1 amide bonds. The normalized spacial score (nSPS) is 21.9. The molecule has 2 N–H and O–H groups in total. The molecule has 2 saturated heterocycles. The maximum Gasteiger partial charge on any atom is 0.270 e. The van der Waals surface area contributed by atoms with E-state index in [-0.39, 0.29) is 18.3 Å². The summed E-state index contributed by atoms with van der Waals surface area (Å²) in [4.78, 5) is 17.1. The number of aromatic nitrogens is 1. The molecule has 0 saturated carbocycles. The van der Waals surface area contributed by atoms with Crippen LogP contribution >= 0.6 is 12.4 Å². The molecule has 1 aromatic heterocycles. The summed E-state index contributed by atoms with van der Waals surface area (Å²) >= 11 is 0. The summed E-state index contributed by atoms with van der Waals surface area (Å²) in [5.74, 6) is 0.149. The number of hydrogen-bond acceptors (Lipinski definition) is 2. The molecule has 4 nitrogen and oxygen atoms in total. The van der Waals surface area contributed by atoms with Crippen molar-refractivity contribution in [3.8, 4) is 0 Å². The highest BCUT2D eigenvalue weighted by Crippen LogP contribution is 2.37. The molecule has 0 aromatic carbocycles. The van der Waals surface area contributed by atoms with Crippen molar-refractivity contribution in [2.24, 2.45) is 5.41 Å².